The summed E-state index contributed by atoms with van der Waals surface area (Å²) in [5.41, 5.74) is 14.1. The highest BCUT2D eigenvalue weighted by Crippen LogP contribution is 2.20. The number of amides is 1. The van der Waals surface area contributed by atoms with E-state index in [9.17, 15) is 9.90 Å². The Morgan fingerprint density at radius 2 is 1.70 bits per heavy atom. The molecule has 0 fully saturated rings. The van der Waals surface area contributed by atoms with E-state index in [0.29, 0.717) is 5.56 Å². The third-order valence-corrected chi connectivity index (χ3v) is 3.64. The largest absolute Gasteiger partial charge is 0.508 e. The summed E-state index contributed by atoms with van der Waals surface area (Å²) in [5, 5.41) is 12.0. The van der Waals surface area contributed by atoms with Gasteiger partial charge in [-0.15, -0.1) is 0 Å². The Bertz CT molecular complexity index is 880. The lowest BCUT2D eigenvalue weighted by molar-refractivity contribution is -0.118. The topological polar surface area (TPSA) is 127 Å². The molecule has 0 aliphatic rings. The molecule has 0 aliphatic heterocycles. The number of anilines is 2. The van der Waals surface area contributed by atoms with Crippen molar-refractivity contribution in [2.75, 3.05) is 11.1 Å². The highest BCUT2D eigenvalue weighted by Gasteiger charge is 2.18. The number of aromatic hydroxyl groups is 1. The first-order valence-corrected chi connectivity index (χ1v) is 8.31. The molecule has 2 aromatic carbocycles. The number of phenolic OH excluding ortho intramolecular Hbond substituents is 1. The fourth-order valence-corrected chi connectivity index (χ4v) is 2.36. The molecule has 1 atom stereocenters. The number of hydrogen-bond acceptors (Lipinski definition) is 6. The molecule has 1 aromatic heterocycles. The number of nitrogen functional groups attached to an aromatic ring is 1. The van der Waals surface area contributed by atoms with Gasteiger partial charge in [-0.2, -0.15) is 4.98 Å². The zero-order chi connectivity index (χ0) is 19.8. The fourth-order valence-electron chi connectivity index (χ4n) is 2.36. The minimum absolute atomic E-state index is 0.104. The third-order valence-electron chi connectivity index (χ3n) is 3.64. The maximum Gasteiger partial charge on any atom is 0.244 e. The first kappa shape index (κ1) is 19.7. The van der Waals surface area contributed by atoms with Gasteiger partial charge in [0.1, 0.15) is 17.6 Å². The van der Waals surface area contributed by atoms with Crippen LogP contribution in [0.25, 0.3) is 0 Å². The van der Waals surface area contributed by atoms with Crippen LogP contribution in [0.15, 0.2) is 60.8 Å². The van der Waals surface area contributed by atoms with Gasteiger partial charge in [-0.1, -0.05) is 47.5 Å². The Balaban J connectivity index is 0.000000273. The molecule has 7 nitrogen and oxygen atoms in total. The highest BCUT2D eigenvalue weighted by atomic mass is 16.3. The van der Waals surface area contributed by atoms with Crippen LogP contribution in [0.3, 0.4) is 0 Å². The van der Waals surface area contributed by atoms with Crippen LogP contribution >= 0.6 is 0 Å². The van der Waals surface area contributed by atoms with E-state index in [2.05, 4.69) is 53.4 Å². The summed E-state index contributed by atoms with van der Waals surface area (Å²) >= 11 is 0. The Morgan fingerprint density at radius 1 is 1.07 bits per heavy atom. The SMILES string of the molecule is Cc1cccc(C)c1.NC(=O)C(Nc1nccc(N)n1)c1ccc(O)cc1. The fraction of sp³-hybridized carbons (Fsp3) is 0.150. The van der Waals surface area contributed by atoms with Crippen LogP contribution in [0.4, 0.5) is 11.8 Å². The standard InChI is InChI=1S/C12H13N5O2.C8H10/c13-9-5-6-15-12(16-9)17-10(11(14)19)7-1-3-8(18)4-2-7;1-7-4-3-5-8(2)6-7/h1-6,10,18H,(H2,14,19)(H3,13,15,16,17);3-6H,1-2H3. The van der Waals surface area contributed by atoms with Gasteiger partial charge in [0.25, 0.3) is 0 Å². The van der Waals surface area contributed by atoms with Crippen molar-refractivity contribution in [1.29, 1.82) is 0 Å². The summed E-state index contributed by atoms with van der Waals surface area (Å²) in [5.74, 6) is 0.00666. The van der Waals surface area contributed by atoms with Crippen molar-refractivity contribution in [1.82, 2.24) is 9.97 Å². The molecule has 140 valence electrons. The maximum atomic E-state index is 11.5. The monoisotopic (exact) mass is 365 g/mol. The first-order chi connectivity index (χ1) is 12.8. The molecule has 6 N–H and O–H groups in total. The average molecular weight is 365 g/mol. The summed E-state index contributed by atoms with van der Waals surface area (Å²) in [6, 6.07) is 15.3. The van der Waals surface area contributed by atoms with E-state index in [-0.39, 0.29) is 17.5 Å². The number of primary amides is 1. The van der Waals surface area contributed by atoms with Gasteiger partial charge in [0, 0.05) is 6.20 Å². The number of nitrogens with two attached hydrogens (primary N) is 2. The van der Waals surface area contributed by atoms with Crippen molar-refractivity contribution in [3.63, 3.8) is 0 Å². The second-order valence-corrected chi connectivity index (χ2v) is 6.03. The molecule has 0 saturated carbocycles. The lowest BCUT2D eigenvalue weighted by Crippen LogP contribution is -2.28. The van der Waals surface area contributed by atoms with Gasteiger partial charge in [0.05, 0.1) is 0 Å². The third kappa shape index (κ3) is 6.32. The van der Waals surface area contributed by atoms with E-state index in [1.165, 1.54) is 35.5 Å². The molecule has 1 amide bonds. The van der Waals surface area contributed by atoms with Gasteiger partial charge in [-0.25, -0.2) is 4.98 Å². The summed E-state index contributed by atoms with van der Waals surface area (Å²) < 4.78 is 0. The number of rotatable bonds is 4. The summed E-state index contributed by atoms with van der Waals surface area (Å²) in [7, 11) is 0. The molecular formula is C20H23N5O2. The number of aromatic nitrogens is 2. The molecule has 0 spiro atoms. The Labute approximate surface area is 158 Å². The van der Waals surface area contributed by atoms with Crippen molar-refractivity contribution < 1.29 is 9.90 Å². The quantitative estimate of drug-likeness (QED) is 0.563. The number of carbonyl (C=O) groups is 1. The van der Waals surface area contributed by atoms with Crippen LogP contribution in [0.1, 0.15) is 22.7 Å². The number of aryl methyl sites for hydroxylation is 2. The lowest BCUT2D eigenvalue weighted by Gasteiger charge is -2.15. The van der Waals surface area contributed by atoms with Gasteiger partial charge in [-0.3, -0.25) is 4.79 Å². The molecule has 3 rings (SSSR count). The normalized spacial score (nSPS) is 11.0. The van der Waals surface area contributed by atoms with Crippen LogP contribution in [0.2, 0.25) is 0 Å². The Kier molecular flexibility index (Phi) is 6.71. The van der Waals surface area contributed by atoms with Crippen LogP contribution in [-0.2, 0) is 4.79 Å². The maximum absolute atomic E-state index is 11.5. The molecule has 1 unspecified atom stereocenters. The molecule has 27 heavy (non-hydrogen) atoms. The zero-order valence-electron chi connectivity index (χ0n) is 15.3. The van der Waals surface area contributed by atoms with E-state index in [1.54, 1.807) is 12.1 Å². The second kappa shape index (κ2) is 9.19. The summed E-state index contributed by atoms with van der Waals surface area (Å²) in [6.07, 6.45) is 1.47. The average Bonchev–Trinajstić information content (AvgIpc) is 2.61. The molecule has 0 aliphatic carbocycles. The van der Waals surface area contributed by atoms with Gasteiger partial charge >= 0.3 is 0 Å². The zero-order valence-corrected chi connectivity index (χ0v) is 15.3. The van der Waals surface area contributed by atoms with Crippen LogP contribution in [0.5, 0.6) is 5.75 Å². The van der Waals surface area contributed by atoms with Crippen molar-refractivity contribution in [3.05, 3.63) is 77.5 Å². The minimum Gasteiger partial charge on any atom is -0.508 e. The van der Waals surface area contributed by atoms with Crippen LogP contribution < -0.4 is 16.8 Å². The van der Waals surface area contributed by atoms with Gasteiger partial charge in [0.2, 0.25) is 11.9 Å². The van der Waals surface area contributed by atoms with Crippen molar-refractivity contribution in [3.8, 4) is 5.75 Å². The molecule has 1 heterocycles. The Hall–Kier alpha value is -3.61. The number of nitrogens with zero attached hydrogens (tertiary/aromatic N) is 2. The Morgan fingerprint density at radius 3 is 2.19 bits per heavy atom. The molecule has 0 radical (unpaired) electrons. The lowest BCUT2D eigenvalue weighted by atomic mass is 10.1. The van der Waals surface area contributed by atoms with E-state index in [4.69, 9.17) is 11.5 Å². The molecule has 0 saturated heterocycles. The number of benzene rings is 2. The molecule has 0 bridgehead atoms. The van der Waals surface area contributed by atoms with Gasteiger partial charge in [0.15, 0.2) is 0 Å². The predicted molar refractivity (Wildman–Crippen MR) is 106 cm³/mol. The van der Waals surface area contributed by atoms with Crippen molar-refractivity contribution in [2.24, 2.45) is 5.73 Å². The van der Waals surface area contributed by atoms with E-state index in [1.807, 2.05) is 0 Å². The summed E-state index contributed by atoms with van der Waals surface area (Å²) in [6.45, 7) is 4.21. The second-order valence-electron chi connectivity index (χ2n) is 6.03. The van der Waals surface area contributed by atoms with E-state index >= 15 is 0 Å². The molecule has 7 heteroatoms. The van der Waals surface area contributed by atoms with E-state index < -0.39 is 11.9 Å². The van der Waals surface area contributed by atoms with Crippen molar-refractivity contribution in [2.45, 2.75) is 19.9 Å². The smallest absolute Gasteiger partial charge is 0.244 e. The van der Waals surface area contributed by atoms with Gasteiger partial charge < -0.3 is 21.9 Å². The number of hydrogen-bond donors (Lipinski definition) is 4. The van der Waals surface area contributed by atoms with Crippen LogP contribution in [-0.4, -0.2) is 21.0 Å². The molecular weight excluding hydrogens is 342 g/mol. The highest BCUT2D eigenvalue weighted by molar-refractivity contribution is 5.84. The predicted octanol–water partition coefficient (Wildman–Crippen LogP) is 2.71. The van der Waals surface area contributed by atoms with Gasteiger partial charge in [-0.05, 0) is 37.6 Å². The first-order valence-electron chi connectivity index (χ1n) is 8.31. The number of nitrogens with one attached hydrogen (secondary N) is 1. The van der Waals surface area contributed by atoms with Crippen molar-refractivity contribution >= 4 is 17.7 Å². The minimum atomic E-state index is -0.803. The van der Waals surface area contributed by atoms with Crippen LogP contribution in [0, 0.1) is 13.8 Å². The molecule has 3 aromatic rings. The number of phenols is 1. The van der Waals surface area contributed by atoms with E-state index in [0.717, 1.165) is 0 Å². The summed E-state index contributed by atoms with van der Waals surface area (Å²) in [4.78, 5) is 19.4. The number of carbonyl (C=O) groups excluding carboxylic acids is 1.